The molecule has 0 amide bonds. The first-order valence-electron chi connectivity index (χ1n) is 6.43. The molecule has 22 heavy (non-hydrogen) atoms. The van der Waals surface area contributed by atoms with Gasteiger partial charge in [0.1, 0.15) is 5.01 Å². The fraction of sp³-hybridized carbons (Fsp3) is 0.200. The van der Waals surface area contributed by atoms with Gasteiger partial charge in [0.15, 0.2) is 11.1 Å². The number of nitrogens with one attached hydrogen (secondary N) is 1. The second-order valence-corrected chi connectivity index (χ2v) is 5.87. The van der Waals surface area contributed by atoms with Crippen molar-refractivity contribution >= 4 is 22.2 Å². The highest BCUT2D eigenvalue weighted by Crippen LogP contribution is 2.33. The molecule has 0 spiro atoms. The van der Waals surface area contributed by atoms with Gasteiger partial charge in [-0.3, -0.25) is 4.79 Å². The summed E-state index contributed by atoms with van der Waals surface area (Å²) in [5.74, 6) is 0. The van der Waals surface area contributed by atoms with Crippen LogP contribution in [0.2, 0.25) is 0 Å². The molecule has 0 bridgehead atoms. The van der Waals surface area contributed by atoms with Crippen molar-refractivity contribution in [2.45, 2.75) is 20.0 Å². The maximum absolute atomic E-state index is 12.6. The molecule has 1 N–H and O–H groups in total. The number of aryl methyl sites for hydroxylation is 2. The van der Waals surface area contributed by atoms with E-state index in [0.29, 0.717) is 16.6 Å². The molecule has 114 valence electrons. The van der Waals surface area contributed by atoms with Gasteiger partial charge in [0, 0.05) is 16.8 Å². The number of aromatic nitrogens is 2. The summed E-state index contributed by atoms with van der Waals surface area (Å²) in [7, 11) is 0. The van der Waals surface area contributed by atoms with Crippen molar-refractivity contribution in [2.24, 2.45) is 0 Å². The molecule has 0 aliphatic rings. The summed E-state index contributed by atoms with van der Waals surface area (Å²) in [6, 6.07) is 4.84. The van der Waals surface area contributed by atoms with Crippen LogP contribution in [-0.2, 0) is 6.18 Å². The summed E-state index contributed by atoms with van der Waals surface area (Å²) in [6.45, 7) is 3.77. The number of hydrogen-bond acceptors (Lipinski definition) is 3. The Hall–Kier alpha value is -2.15. The second-order valence-electron chi connectivity index (χ2n) is 5.01. The van der Waals surface area contributed by atoms with E-state index in [0.717, 1.165) is 27.8 Å². The Morgan fingerprint density at radius 2 is 1.95 bits per heavy atom. The molecule has 7 heteroatoms. The van der Waals surface area contributed by atoms with Gasteiger partial charge in [0.05, 0.1) is 11.2 Å². The van der Waals surface area contributed by atoms with Crippen molar-refractivity contribution in [1.29, 1.82) is 0 Å². The van der Waals surface area contributed by atoms with E-state index in [-0.39, 0.29) is 10.4 Å². The van der Waals surface area contributed by atoms with E-state index in [9.17, 15) is 18.0 Å². The van der Waals surface area contributed by atoms with Gasteiger partial charge in [-0.05, 0) is 31.0 Å². The molecule has 3 nitrogen and oxygen atoms in total. The van der Waals surface area contributed by atoms with E-state index in [1.54, 1.807) is 6.07 Å². The highest BCUT2D eigenvalue weighted by Gasteiger charge is 2.33. The predicted molar refractivity (Wildman–Crippen MR) is 80.2 cm³/mol. The number of aromatic amines is 1. The Balaban J connectivity index is 2.22. The van der Waals surface area contributed by atoms with Crippen LogP contribution >= 0.6 is 11.3 Å². The van der Waals surface area contributed by atoms with Crippen molar-refractivity contribution in [3.8, 4) is 10.7 Å². The summed E-state index contributed by atoms with van der Waals surface area (Å²) in [4.78, 5) is 18.8. The number of hydrogen-bond donors (Lipinski definition) is 1. The first kappa shape index (κ1) is 14.8. The van der Waals surface area contributed by atoms with Crippen LogP contribution in [0.5, 0.6) is 0 Å². The van der Waals surface area contributed by atoms with Gasteiger partial charge in [-0.2, -0.15) is 13.2 Å². The minimum Gasteiger partial charge on any atom is -0.352 e. The smallest absolute Gasteiger partial charge is 0.352 e. The second kappa shape index (κ2) is 4.95. The predicted octanol–water partition coefficient (Wildman–Crippen LogP) is 4.29. The van der Waals surface area contributed by atoms with Crippen molar-refractivity contribution in [3.63, 3.8) is 0 Å². The van der Waals surface area contributed by atoms with Crippen LogP contribution in [0.4, 0.5) is 13.2 Å². The van der Waals surface area contributed by atoms with E-state index in [1.807, 2.05) is 19.9 Å². The van der Waals surface area contributed by atoms with Gasteiger partial charge in [-0.1, -0.05) is 6.07 Å². The fourth-order valence-electron chi connectivity index (χ4n) is 2.20. The lowest BCUT2D eigenvalue weighted by atomic mass is 10.0. The van der Waals surface area contributed by atoms with Crippen molar-refractivity contribution in [2.75, 3.05) is 0 Å². The van der Waals surface area contributed by atoms with Gasteiger partial charge < -0.3 is 4.98 Å². The molecule has 0 radical (unpaired) electrons. The first-order chi connectivity index (χ1) is 10.3. The molecule has 0 fully saturated rings. The SMILES string of the molecule is Cc1ccc2c(=O)cc(-c3nc(C(F)(F)F)cs3)[nH]c2c1C. The summed E-state index contributed by atoms with van der Waals surface area (Å²) in [6.07, 6.45) is -4.49. The molecule has 0 aliphatic heterocycles. The van der Waals surface area contributed by atoms with Crippen LogP contribution in [0.25, 0.3) is 21.6 Å². The maximum Gasteiger partial charge on any atom is 0.434 e. The largest absolute Gasteiger partial charge is 0.434 e. The highest BCUT2D eigenvalue weighted by atomic mass is 32.1. The van der Waals surface area contributed by atoms with Gasteiger partial charge in [-0.25, -0.2) is 4.98 Å². The molecule has 0 unspecified atom stereocenters. The number of halogens is 3. The number of fused-ring (bicyclic) bond motifs is 1. The van der Waals surface area contributed by atoms with Crippen LogP contribution in [0.3, 0.4) is 0 Å². The zero-order valence-electron chi connectivity index (χ0n) is 11.7. The lowest BCUT2D eigenvalue weighted by molar-refractivity contribution is -0.140. The van der Waals surface area contributed by atoms with Gasteiger partial charge >= 0.3 is 6.18 Å². The average Bonchev–Trinajstić information content (AvgIpc) is 2.93. The first-order valence-corrected chi connectivity index (χ1v) is 7.31. The van der Waals surface area contributed by atoms with E-state index in [4.69, 9.17) is 0 Å². The number of pyridine rings is 1. The van der Waals surface area contributed by atoms with Crippen LogP contribution in [0.15, 0.2) is 28.4 Å². The zero-order chi connectivity index (χ0) is 16.1. The van der Waals surface area contributed by atoms with E-state index >= 15 is 0 Å². The Kier molecular flexibility index (Phi) is 3.32. The molecule has 1 aromatic carbocycles. The highest BCUT2D eigenvalue weighted by molar-refractivity contribution is 7.13. The Labute approximate surface area is 127 Å². The standard InChI is InChI=1S/C15H11F3N2OS/c1-7-3-4-9-11(21)5-10(19-13(9)8(7)2)14-20-12(6-22-14)15(16,17)18/h3-6H,1-2H3,(H,19,21). The molecule has 0 aliphatic carbocycles. The van der Waals surface area contributed by atoms with Crippen LogP contribution in [0, 0.1) is 13.8 Å². The quantitative estimate of drug-likeness (QED) is 0.726. The topological polar surface area (TPSA) is 45.8 Å². The van der Waals surface area contributed by atoms with E-state index in [1.165, 1.54) is 6.07 Å². The summed E-state index contributed by atoms with van der Waals surface area (Å²) < 4.78 is 37.9. The zero-order valence-corrected chi connectivity index (χ0v) is 12.5. The van der Waals surface area contributed by atoms with Crippen molar-refractivity contribution < 1.29 is 13.2 Å². The Bertz CT molecular complexity index is 925. The lowest BCUT2D eigenvalue weighted by Gasteiger charge is -2.07. The number of thiazole rings is 1. The molecule has 3 aromatic rings. The van der Waals surface area contributed by atoms with Gasteiger partial charge in [-0.15, -0.1) is 11.3 Å². The minimum atomic E-state index is -4.49. The normalized spacial score (nSPS) is 12.0. The van der Waals surface area contributed by atoms with Gasteiger partial charge in [0.2, 0.25) is 0 Å². The molecule has 0 atom stereocenters. The Morgan fingerprint density at radius 3 is 2.59 bits per heavy atom. The Morgan fingerprint density at radius 1 is 1.23 bits per heavy atom. The molecule has 3 rings (SSSR count). The molecule has 2 aromatic heterocycles. The maximum atomic E-state index is 12.6. The van der Waals surface area contributed by atoms with Crippen molar-refractivity contribution in [3.05, 3.63) is 50.6 Å². The summed E-state index contributed by atoms with van der Waals surface area (Å²) in [5.41, 5.74) is 1.63. The fourth-order valence-corrected chi connectivity index (χ4v) is 3.00. The number of nitrogens with zero attached hydrogens (tertiary/aromatic N) is 1. The lowest BCUT2D eigenvalue weighted by Crippen LogP contribution is -2.06. The number of H-pyrrole nitrogens is 1. The van der Waals surface area contributed by atoms with Crippen LogP contribution < -0.4 is 5.43 Å². The van der Waals surface area contributed by atoms with Crippen molar-refractivity contribution in [1.82, 2.24) is 9.97 Å². The summed E-state index contributed by atoms with van der Waals surface area (Å²) >= 11 is 0.856. The van der Waals surface area contributed by atoms with E-state index < -0.39 is 11.9 Å². The number of alkyl halides is 3. The third-order valence-electron chi connectivity index (χ3n) is 3.56. The molecule has 2 heterocycles. The third-order valence-corrected chi connectivity index (χ3v) is 4.44. The number of rotatable bonds is 1. The molecular weight excluding hydrogens is 313 g/mol. The number of benzene rings is 1. The summed E-state index contributed by atoms with van der Waals surface area (Å²) in [5, 5.41) is 1.60. The third kappa shape index (κ3) is 2.41. The van der Waals surface area contributed by atoms with Crippen LogP contribution in [0.1, 0.15) is 16.8 Å². The van der Waals surface area contributed by atoms with Gasteiger partial charge in [0.25, 0.3) is 0 Å². The monoisotopic (exact) mass is 324 g/mol. The van der Waals surface area contributed by atoms with E-state index in [2.05, 4.69) is 9.97 Å². The van der Waals surface area contributed by atoms with Crippen LogP contribution in [-0.4, -0.2) is 9.97 Å². The molecule has 0 saturated carbocycles. The molecule has 0 saturated heterocycles. The minimum absolute atomic E-state index is 0.146. The molecular formula is C15H11F3N2OS. The average molecular weight is 324 g/mol.